The number of nitrogens with one attached hydrogen (secondary N) is 1. The van der Waals surface area contributed by atoms with E-state index >= 15 is 0 Å². The van der Waals surface area contributed by atoms with Crippen molar-refractivity contribution in [3.05, 3.63) is 5.01 Å². The zero-order valence-electron chi connectivity index (χ0n) is 11.8. The van der Waals surface area contributed by atoms with Crippen LogP contribution in [0, 0.1) is 5.92 Å². The molecule has 1 aliphatic rings. The third-order valence-corrected chi connectivity index (χ3v) is 4.39. The SMILES string of the molecule is CCCCc1nnc(NC(=O)N2CCCC(CO)C2)s1. The van der Waals surface area contributed by atoms with Crippen LogP contribution < -0.4 is 5.32 Å². The van der Waals surface area contributed by atoms with Crippen LogP contribution in [-0.2, 0) is 6.42 Å². The minimum atomic E-state index is -0.138. The highest BCUT2D eigenvalue weighted by Gasteiger charge is 2.23. The summed E-state index contributed by atoms with van der Waals surface area (Å²) in [4.78, 5) is 13.9. The van der Waals surface area contributed by atoms with Gasteiger partial charge in [0.1, 0.15) is 5.01 Å². The van der Waals surface area contributed by atoms with Gasteiger partial charge in [-0.2, -0.15) is 0 Å². The number of piperidine rings is 1. The predicted molar refractivity (Wildman–Crippen MR) is 78.9 cm³/mol. The fraction of sp³-hybridized carbons (Fsp3) is 0.769. The number of hydrogen-bond acceptors (Lipinski definition) is 5. The number of carbonyl (C=O) groups excluding carboxylic acids is 1. The van der Waals surface area contributed by atoms with Crippen LogP contribution in [0.4, 0.5) is 9.93 Å². The van der Waals surface area contributed by atoms with Crippen LogP contribution in [0.5, 0.6) is 0 Å². The number of aliphatic hydroxyl groups is 1. The number of urea groups is 1. The van der Waals surface area contributed by atoms with Gasteiger partial charge in [-0.3, -0.25) is 5.32 Å². The first-order chi connectivity index (χ1) is 9.72. The Bertz CT molecular complexity index is 438. The third-order valence-electron chi connectivity index (χ3n) is 3.49. The van der Waals surface area contributed by atoms with E-state index in [1.807, 2.05) is 0 Å². The highest BCUT2D eigenvalue weighted by molar-refractivity contribution is 7.15. The largest absolute Gasteiger partial charge is 0.396 e. The second-order valence-electron chi connectivity index (χ2n) is 5.17. The molecule has 0 saturated carbocycles. The fourth-order valence-electron chi connectivity index (χ4n) is 2.30. The molecule has 1 saturated heterocycles. The molecule has 20 heavy (non-hydrogen) atoms. The second kappa shape index (κ2) is 7.54. The van der Waals surface area contributed by atoms with Crippen molar-refractivity contribution < 1.29 is 9.90 Å². The molecule has 2 amide bonds. The zero-order chi connectivity index (χ0) is 14.4. The van der Waals surface area contributed by atoms with Gasteiger partial charge in [-0.25, -0.2) is 4.79 Å². The summed E-state index contributed by atoms with van der Waals surface area (Å²) in [5.74, 6) is 0.198. The fourth-order valence-corrected chi connectivity index (χ4v) is 3.07. The number of aliphatic hydroxyl groups excluding tert-OH is 1. The maximum atomic E-state index is 12.1. The van der Waals surface area contributed by atoms with E-state index in [0.29, 0.717) is 11.7 Å². The molecule has 1 aromatic rings. The molecule has 2 heterocycles. The van der Waals surface area contributed by atoms with Crippen molar-refractivity contribution in [3.8, 4) is 0 Å². The molecule has 0 aliphatic carbocycles. The Balaban J connectivity index is 1.85. The average molecular weight is 298 g/mol. The standard InChI is InChI=1S/C13H22N4O2S/c1-2-3-6-11-15-16-12(20-11)14-13(19)17-7-4-5-10(8-17)9-18/h10,18H,2-9H2,1H3,(H,14,16,19). The number of carbonyl (C=O) groups is 1. The lowest BCUT2D eigenvalue weighted by molar-refractivity contribution is 0.136. The summed E-state index contributed by atoms with van der Waals surface area (Å²) in [7, 11) is 0. The Hall–Kier alpha value is -1.21. The lowest BCUT2D eigenvalue weighted by Gasteiger charge is -2.31. The maximum Gasteiger partial charge on any atom is 0.323 e. The van der Waals surface area contributed by atoms with Crippen LogP contribution in [0.1, 0.15) is 37.6 Å². The summed E-state index contributed by atoms with van der Waals surface area (Å²) in [5.41, 5.74) is 0. The van der Waals surface area contributed by atoms with E-state index in [1.54, 1.807) is 4.90 Å². The van der Waals surface area contributed by atoms with Crippen molar-refractivity contribution in [2.24, 2.45) is 5.92 Å². The first kappa shape index (κ1) is 15.2. The van der Waals surface area contributed by atoms with Gasteiger partial charge in [0, 0.05) is 26.1 Å². The van der Waals surface area contributed by atoms with Crippen molar-refractivity contribution in [2.75, 3.05) is 25.0 Å². The lowest BCUT2D eigenvalue weighted by Crippen LogP contribution is -2.43. The zero-order valence-corrected chi connectivity index (χ0v) is 12.7. The minimum absolute atomic E-state index is 0.138. The lowest BCUT2D eigenvalue weighted by atomic mass is 9.99. The molecule has 2 rings (SSSR count). The number of likely N-dealkylation sites (tertiary alicyclic amines) is 1. The minimum Gasteiger partial charge on any atom is -0.396 e. The number of aromatic nitrogens is 2. The Kier molecular flexibility index (Phi) is 5.72. The monoisotopic (exact) mass is 298 g/mol. The average Bonchev–Trinajstić information content (AvgIpc) is 2.92. The normalized spacial score (nSPS) is 19.1. The summed E-state index contributed by atoms with van der Waals surface area (Å²) in [5, 5.41) is 21.6. The molecule has 0 bridgehead atoms. The molecule has 1 fully saturated rings. The van der Waals surface area contributed by atoms with Crippen molar-refractivity contribution in [2.45, 2.75) is 39.0 Å². The van der Waals surface area contributed by atoms with Gasteiger partial charge in [0.05, 0.1) is 0 Å². The van der Waals surface area contributed by atoms with Crippen LogP contribution in [0.2, 0.25) is 0 Å². The Labute approximate surface area is 123 Å². The first-order valence-electron chi connectivity index (χ1n) is 7.22. The number of anilines is 1. The van der Waals surface area contributed by atoms with E-state index < -0.39 is 0 Å². The highest BCUT2D eigenvalue weighted by atomic mass is 32.1. The van der Waals surface area contributed by atoms with Crippen molar-refractivity contribution in [1.82, 2.24) is 15.1 Å². The van der Waals surface area contributed by atoms with Crippen LogP contribution in [-0.4, -0.2) is 45.9 Å². The van der Waals surface area contributed by atoms with Gasteiger partial charge in [0.25, 0.3) is 0 Å². The second-order valence-corrected chi connectivity index (χ2v) is 6.23. The Morgan fingerprint density at radius 3 is 3.15 bits per heavy atom. The van der Waals surface area contributed by atoms with Crippen molar-refractivity contribution in [1.29, 1.82) is 0 Å². The number of nitrogens with zero attached hydrogens (tertiary/aromatic N) is 3. The third kappa shape index (κ3) is 4.14. The molecular weight excluding hydrogens is 276 g/mol. The molecule has 6 nitrogen and oxygen atoms in total. The van der Waals surface area contributed by atoms with E-state index in [-0.39, 0.29) is 18.6 Å². The first-order valence-corrected chi connectivity index (χ1v) is 8.03. The maximum absolute atomic E-state index is 12.1. The molecule has 1 aliphatic heterocycles. The van der Waals surface area contributed by atoms with E-state index in [4.69, 9.17) is 0 Å². The van der Waals surface area contributed by atoms with E-state index in [9.17, 15) is 9.90 Å². The molecule has 0 spiro atoms. The highest BCUT2D eigenvalue weighted by Crippen LogP contribution is 2.20. The van der Waals surface area contributed by atoms with E-state index in [0.717, 1.165) is 43.7 Å². The summed E-state index contributed by atoms with van der Waals surface area (Å²) in [6, 6.07) is -0.138. The molecule has 2 N–H and O–H groups in total. The van der Waals surface area contributed by atoms with Gasteiger partial charge in [0.2, 0.25) is 5.13 Å². The number of amides is 2. The molecule has 1 unspecified atom stereocenters. The van der Waals surface area contributed by atoms with Crippen LogP contribution in [0.25, 0.3) is 0 Å². The van der Waals surface area contributed by atoms with E-state index in [1.165, 1.54) is 11.3 Å². The van der Waals surface area contributed by atoms with Gasteiger partial charge in [-0.05, 0) is 25.2 Å². The molecule has 0 radical (unpaired) electrons. The van der Waals surface area contributed by atoms with Crippen molar-refractivity contribution in [3.63, 3.8) is 0 Å². The number of rotatable bonds is 5. The topological polar surface area (TPSA) is 78.4 Å². The van der Waals surface area contributed by atoms with Gasteiger partial charge in [-0.15, -0.1) is 10.2 Å². The number of hydrogen-bond donors (Lipinski definition) is 2. The van der Waals surface area contributed by atoms with Gasteiger partial charge in [0.15, 0.2) is 0 Å². The molecular formula is C13H22N4O2S. The smallest absolute Gasteiger partial charge is 0.323 e. The molecule has 0 aromatic carbocycles. The van der Waals surface area contributed by atoms with Gasteiger partial charge >= 0.3 is 6.03 Å². The van der Waals surface area contributed by atoms with Crippen LogP contribution in [0.15, 0.2) is 0 Å². The number of unbranched alkanes of at least 4 members (excludes halogenated alkanes) is 1. The summed E-state index contributed by atoms with van der Waals surface area (Å²) in [6.07, 6.45) is 5.06. The van der Waals surface area contributed by atoms with Gasteiger partial charge in [-0.1, -0.05) is 24.7 Å². The molecule has 1 atom stereocenters. The molecule has 112 valence electrons. The van der Waals surface area contributed by atoms with Crippen LogP contribution >= 0.6 is 11.3 Å². The molecule has 7 heteroatoms. The summed E-state index contributed by atoms with van der Waals surface area (Å²) >= 11 is 1.44. The summed E-state index contributed by atoms with van der Waals surface area (Å²) < 4.78 is 0. The Morgan fingerprint density at radius 1 is 1.55 bits per heavy atom. The van der Waals surface area contributed by atoms with E-state index in [2.05, 4.69) is 22.4 Å². The predicted octanol–water partition coefficient (Wildman–Crippen LogP) is 2.12. The van der Waals surface area contributed by atoms with Gasteiger partial charge < -0.3 is 10.0 Å². The van der Waals surface area contributed by atoms with Crippen molar-refractivity contribution >= 4 is 22.5 Å². The van der Waals surface area contributed by atoms with Crippen LogP contribution in [0.3, 0.4) is 0 Å². The number of aryl methyl sites for hydroxylation is 1. The quantitative estimate of drug-likeness (QED) is 0.872. The summed E-state index contributed by atoms with van der Waals surface area (Å²) in [6.45, 7) is 3.63. The Morgan fingerprint density at radius 2 is 2.40 bits per heavy atom. The molecule has 1 aromatic heterocycles.